The molecule has 0 fully saturated rings. The quantitative estimate of drug-likeness (QED) is 0.0202. The standard InChI is InChI=1S/C43H78NO8P/c1-6-8-10-12-14-16-18-20-22-24-25-27-29-31-33-35-42(45)49-39-41(40-51-53(47,48)50-38-37-44(3,4)5)52-43(46)36-34-32-30-28-26-23-21-19-17-15-13-11-9-7-2/h14,16,19-22,25,27,41H,6-13,15,17-18,23-24,26,28-40H2,1-5H3/b16-14+,21-19+,22-20+,27-25+/t41-/m1/s1. The van der Waals surface area contributed by atoms with Crippen LogP contribution in [0.25, 0.3) is 0 Å². The van der Waals surface area contributed by atoms with E-state index in [0.29, 0.717) is 23.9 Å². The fraction of sp³-hybridized carbons (Fsp3) is 0.767. The van der Waals surface area contributed by atoms with Gasteiger partial charge in [-0.1, -0.05) is 120 Å². The second kappa shape index (κ2) is 35.7. The number of hydrogen-bond donors (Lipinski definition) is 0. The van der Waals surface area contributed by atoms with E-state index in [1.807, 2.05) is 21.1 Å². The van der Waals surface area contributed by atoms with Gasteiger partial charge in [-0.3, -0.25) is 14.2 Å². The molecule has 0 radical (unpaired) electrons. The Balaban J connectivity index is 4.48. The Hall–Kier alpha value is -2.03. The summed E-state index contributed by atoms with van der Waals surface area (Å²) in [5, 5.41) is 0. The number of likely N-dealkylation sites (N-methyl/N-ethyl adjacent to an activating group) is 1. The highest BCUT2D eigenvalue weighted by Gasteiger charge is 2.21. The van der Waals surface area contributed by atoms with E-state index in [9.17, 15) is 19.0 Å². The highest BCUT2D eigenvalue weighted by molar-refractivity contribution is 7.45. The normalized spacial score (nSPS) is 14.2. The van der Waals surface area contributed by atoms with Crippen LogP contribution in [0.15, 0.2) is 48.6 Å². The van der Waals surface area contributed by atoms with Gasteiger partial charge in [0.05, 0.1) is 27.7 Å². The zero-order chi connectivity index (χ0) is 39.3. The van der Waals surface area contributed by atoms with Crippen LogP contribution >= 0.6 is 7.82 Å². The molecule has 0 aliphatic rings. The number of quaternary nitrogens is 1. The summed E-state index contributed by atoms with van der Waals surface area (Å²) in [5.74, 6) is -0.893. The zero-order valence-corrected chi connectivity index (χ0v) is 35.3. The van der Waals surface area contributed by atoms with Gasteiger partial charge < -0.3 is 27.9 Å². The molecule has 0 saturated heterocycles. The third-order valence-corrected chi connectivity index (χ3v) is 9.54. The van der Waals surface area contributed by atoms with Crippen LogP contribution in [0.3, 0.4) is 0 Å². The largest absolute Gasteiger partial charge is 0.756 e. The van der Waals surface area contributed by atoms with Crippen LogP contribution in [0.2, 0.25) is 0 Å². The second-order valence-corrected chi connectivity index (χ2v) is 16.4. The van der Waals surface area contributed by atoms with Crippen molar-refractivity contribution in [2.45, 2.75) is 168 Å². The Morgan fingerprint density at radius 1 is 0.585 bits per heavy atom. The third-order valence-electron chi connectivity index (χ3n) is 8.57. The molecule has 0 rings (SSSR count). The van der Waals surface area contributed by atoms with Crippen molar-refractivity contribution in [2.75, 3.05) is 47.5 Å². The summed E-state index contributed by atoms with van der Waals surface area (Å²) < 4.78 is 33.8. The van der Waals surface area contributed by atoms with Gasteiger partial charge in [-0.05, 0) is 77.0 Å². The first kappa shape index (κ1) is 51.0. The lowest BCUT2D eigenvalue weighted by atomic mass is 10.1. The summed E-state index contributed by atoms with van der Waals surface area (Å²) in [6, 6.07) is 0. The monoisotopic (exact) mass is 768 g/mol. The van der Waals surface area contributed by atoms with Gasteiger partial charge in [0, 0.05) is 12.8 Å². The lowest BCUT2D eigenvalue weighted by Gasteiger charge is -2.28. The van der Waals surface area contributed by atoms with Gasteiger partial charge in [-0.15, -0.1) is 0 Å². The van der Waals surface area contributed by atoms with Crippen LogP contribution in [0.1, 0.15) is 162 Å². The lowest BCUT2D eigenvalue weighted by molar-refractivity contribution is -0.870. The number of unbranched alkanes of at least 4 members (excludes halogenated alkanes) is 15. The van der Waals surface area contributed by atoms with E-state index < -0.39 is 32.5 Å². The van der Waals surface area contributed by atoms with Crippen molar-refractivity contribution in [3.05, 3.63) is 48.6 Å². The number of carbonyl (C=O) groups is 2. The molecule has 0 aliphatic heterocycles. The van der Waals surface area contributed by atoms with Gasteiger partial charge in [0.25, 0.3) is 7.82 Å². The molecule has 53 heavy (non-hydrogen) atoms. The Labute approximate surface area is 324 Å². The molecule has 2 atom stereocenters. The SMILES string of the molecule is CCCCC/C=C/C/C=C/C/C=C/CCCCC(=O)OC[C@H](COP(=O)([O-])OCC[N+](C)(C)C)OC(=O)CCCCCCC/C=C/CCCCCCC. The average Bonchev–Trinajstić information content (AvgIpc) is 3.10. The van der Waals surface area contributed by atoms with Crippen LogP contribution in [-0.2, 0) is 32.7 Å². The molecule has 9 nitrogen and oxygen atoms in total. The molecule has 0 N–H and O–H groups in total. The van der Waals surface area contributed by atoms with E-state index in [2.05, 4.69) is 62.5 Å². The summed E-state index contributed by atoms with van der Waals surface area (Å²) in [6.45, 7) is 4.12. The number of carbonyl (C=O) groups excluding carboxylic acids is 2. The van der Waals surface area contributed by atoms with Gasteiger partial charge in [-0.2, -0.15) is 0 Å². The van der Waals surface area contributed by atoms with E-state index >= 15 is 0 Å². The number of ether oxygens (including phenoxy) is 2. The zero-order valence-electron chi connectivity index (χ0n) is 34.4. The molecule has 0 saturated carbocycles. The predicted molar refractivity (Wildman–Crippen MR) is 217 cm³/mol. The maximum atomic E-state index is 12.6. The van der Waals surface area contributed by atoms with Crippen LogP contribution in [0.5, 0.6) is 0 Å². The number of nitrogens with zero attached hydrogens (tertiary/aromatic N) is 1. The maximum absolute atomic E-state index is 12.6. The van der Waals surface area contributed by atoms with Gasteiger partial charge in [0.15, 0.2) is 6.10 Å². The van der Waals surface area contributed by atoms with Crippen molar-refractivity contribution in [3.63, 3.8) is 0 Å². The van der Waals surface area contributed by atoms with Crippen LogP contribution < -0.4 is 4.89 Å². The minimum atomic E-state index is -4.63. The van der Waals surface area contributed by atoms with Crippen molar-refractivity contribution >= 4 is 19.8 Å². The molecule has 0 heterocycles. The average molecular weight is 768 g/mol. The van der Waals surface area contributed by atoms with Gasteiger partial charge in [-0.25, -0.2) is 0 Å². The van der Waals surface area contributed by atoms with E-state index in [-0.39, 0.29) is 26.1 Å². The second-order valence-electron chi connectivity index (χ2n) is 15.0. The van der Waals surface area contributed by atoms with E-state index in [4.69, 9.17) is 18.5 Å². The smallest absolute Gasteiger partial charge is 0.306 e. The molecule has 0 bridgehead atoms. The number of hydrogen-bond acceptors (Lipinski definition) is 8. The molecule has 0 amide bonds. The Morgan fingerprint density at radius 3 is 1.60 bits per heavy atom. The molecule has 0 aliphatic carbocycles. The van der Waals surface area contributed by atoms with Crippen molar-refractivity contribution in [1.29, 1.82) is 0 Å². The van der Waals surface area contributed by atoms with E-state index in [0.717, 1.165) is 64.2 Å². The summed E-state index contributed by atoms with van der Waals surface area (Å²) in [6.07, 6.45) is 39.9. The van der Waals surface area contributed by atoms with Gasteiger partial charge in [0.2, 0.25) is 0 Å². The molecule has 0 aromatic carbocycles. The first-order valence-corrected chi connectivity index (χ1v) is 22.3. The van der Waals surface area contributed by atoms with Crippen LogP contribution in [-0.4, -0.2) is 70.0 Å². The van der Waals surface area contributed by atoms with Crippen molar-refractivity contribution in [1.82, 2.24) is 0 Å². The maximum Gasteiger partial charge on any atom is 0.306 e. The fourth-order valence-electron chi connectivity index (χ4n) is 5.24. The van der Waals surface area contributed by atoms with E-state index in [1.54, 1.807) is 0 Å². The fourth-order valence-corrected chi connectivity index (χ4v) is 5.97. The number of phosphoric acid groups is 1. The molecule has 0 spiro atoms. The molecular formula is C43H78NO8P. The van der Waals surface area contributed by atoms with Gasteiger partial charge >= 0.3 is 11.9 Å². The highest BCUT2D eigenvalue weighted by atomic mass is 31.2. The number of phosphoric ester groups is 1. The number of esters is 2. The van der Waals surface area contributed by atoms with Gasteiger partial charge in [0.1, 0.15) is 19.8 Å². The molecule has 0 aromatic heterocycles. The predicted octanol–water partition coefficient (Wildman–Crippen LogP) is 10.9. The summed E-state index contributed by atoms with van der Waals surface area (Å²) >= 11 is 0. The molecule has 1 unspecified atom stereocenters. The summed E-state index contributed by atoms with van der Waals surface area (Å²) in [4.78, 5) is 37.4. The molecule has 308 valence electrons. The first-order valence-electron chi connectivity index (χ1n) is 20.8. The van der Waals surface area contributed by atoms with E-state index in [1.165, 1.54) is 57.8 Å². The minimum Gasteiger partial charge on any atom is -0.756 e. The Kier molecular flexibility index (Phi) is 34.3. The summed E-state index contributed by atoms with van der Waals surface area (Å²) in [7, 11) is 1.13. The van der Waals surface area contributed by atoms with Crippen LogP contribution in [0.4, 0.5) is 0 Å². The Morgan fingerprint density at radius 2 is 1.02 bits per heavy atom. The highest BCUT2D eigenvalue weighted by Crippen LogP contribution is 2.38. The van der Waals surface area contributed by atoms with Crippen molar-refractivity contribution in [3.8, 4) is 0 Å². The minimum absolute atomic E-state index is 0.0398. The molecule has 10 heteroatoms. The third kappa shape index (κ3) is 39.5. The van der Waals surface area contributed by atoms with Crippen molar-refractivity contribution in [2.24, 2.45) is 0 Å². The van der Waals surface area contributed by atoms with Crippen molar-refractivity contribution < 1.29 is 42.1 Å². The topological polar surface area (TPSA) is 111 Å². The Bertz CT molecular complexity index is 1050. The molecule has 0 aromatic rings. The first-order chi connectivity index (χ1) is 25.5. The van der Waals surface area contributed by atoms with Crippen LogP contribution in [0, 0.1) is 0 Å². The molecular weight excluding hydrogens is 689 g/mol. The number of rotatable bonds is 37. The summed E-state index contributed by atoms with van der Waals surface area (Å²) in [5.41, 5.74) is 0. The number of allylic oxidation sites excluding steroid dienone is 8. The lowest BCUT2D eigenvalue weighted by Crippen LogP contribution is -2.37.